The summed E-state index contributed by atoms with van der Waals surface area (Å²) in [6.07, 6.45) is 4.76. The number of hydrogen-bond donors (Lipinski definition) is 1. The van der Waals surface area contributed by atoms with Crippen LogP contribution in [0, 0.1) is 0 Å². The SMILES string of the molecule is CCC(NC1CCCOCC1)c1cccs1. The van der Waals surface area contributed by atoms with Crippen LogP contribution in [0.2, 0.25) is 0 Å². The number of rotatable bonds is 4. The van der Waals surface area contributed by atoms with Crippen molar-refractivity contribution in [2.75, 3.05) is 13.2 Å². The quantitative estimate of drug-likeness (QED) is 0.870. The summed E-state index contributed by atoms with van der Waals surface area (Å²) in [5.41, 5.74) is 0. The summed E-state index contributed by atoms with van der Waals surface area (Å²) in [6.45, 7) is 4.11. The monoisotopic (exact) mass is 239 g/mol. The van der Waals surface area contributed by atoms with Crippen LogP contribution in [-0.4, -0.2) is 19.3 Å². The molecule has 1 N–H and O–H groups in total. The predicted octanol–water partition coefficient (Wildman–Crippen LogP) is 3.36. The van der Waals surface area contributed by atoms with Crippen molar-refractivity contribution in [3.63, 3.8) is 0 Å². The highest BCUT2D eigenvalue weighted by Crippen LogP contribution is 2.23. The van der Waals surface area contributed by atoms with Crippen LogP contribution in [0.15, 0.2) is 17.5 Å². The zero-order valence-corrected chi connectivity index (χ0v) is 10.8. The molecule has 2 nitrogen and oxygen atoms in total. The number of ether oxygens (including phenoxy) is 1. The standard InChI is InChI=1S/C13H21NOS/c1-2-12(13-6-4-10-16-13)14-11-5-3-8-15-9-7-11/h4,6,10-12,14H,2-3,5,7-9H2,1H3. The van der Waals surface area contributed by atoms with Gasteiger partial charge in [-0.2, -0.15) is 0 Å². The molecule has 1 aliphatic heterocycles. The molecular formula is C13H21NOS. The minimum Gasteiger partial charge on any atom is -0.381 e. The predicted molar refractivity (Wildman–Crippen MR) is 68.9 cm³/mol. The van der Waals surface area contributed by atoms with Gasteiger partial charge in [0, 0.05) is 30.2 Å². The normalized spacial score (nSPS) is 23.9. The largest absolute Gasteiger partial charge is 0.381 e. The molecule has 1 aromatic rings. The van der Waals surface area contributed by atoms with Gasteiger partial charge in [-0.25, -0.2) is 0 Å². The molecule has 0 aromatic carbocycles. The van der Waals surface area contributed by atoms with Crippen molar-refractivity contribution >= 4 is 11.3 Å². The van der Waals surface area contributed by atoms with Gasteiger partial charge in [-0.1, -0.05) is 13.0 Å². The second kappa shape index (κ2) is 6.38. The molecule has 2 heterocycles. The van der Waals surface area contributed by atoms with E-state index in [2.05, 4.69) is 29.8 Å². The highest BCUT2D eigenvalue weighted by Gasteiger charge is 2.17. The third kappa shape index (κ3) is 3.30. The van der Waals surface area contributed by atoms with Crippen molar-refractivity contribution in [2.24, 2.45) is 0 Å². The first-order valence-electron chi connectivity index (χ1n) is 6.27. The molecule has 0 radical (unpaired) electrons. The Bertz CT molecular complexity index is 278. The van der Waals surface area contributed by atoms with Gasteiger partial charge >= 0.3 is 0 Å². The lowest BCUT2D eigenvalue weighted by Gasteiger charge is -2.22. The van der Waals surface area contributed by atoms with Gasteiger partial charge in [-0.15, -0.1) is 11.3 Å². The van der Waals surface area contributed by atoms with Crippen molar-refractivity contribution in [1.82, 2.24) is 5.32 Å². The number of nitrogens with one attached hydrogen (secondary N) is 1. The maximum absolute atomic E-state index is 5.49. The zero-order chi connectivity index (χ0) is 11.2. The van der Waals surface area contributed by atoms with Gasteiger partial charge in [0.05, 0.1) is 0 Å². The van der Waals surface area contributed by atoms with E-state index in [0.717, 1.165) is 26.1 Å². The second-order valence-electron chi connectivity index (χ2n) is 4.38. The van der Waals surface area contributed by atoms with Crippen LogP contribution in [-0.2, 0) is 4.74 Å². The van der Waals surface area contributed by atoms with E-state index in [1.165, 1.54) is 17.7 Å². The van der Waals surface area contributed by atoms with Gasteiger partial charge in [0.2, 0.25) is 0 Å². The molecule has 1 saturated heterocycles. The molecule has 90 valence electrons. The van der Waals surface area contributed by atoms with Crippen LogP contribution in [0.3, 0.4) is 0 Å². The highest BCUT2D eigenvalue weighted by molar-refractivity contribution is 7.10. The van der Waals surface area contributed by atoms with Crippen LogP contribution in [0.1, 0.15) is 43.5 Å². The molecule has 2 unspecified atom stereocenters. The molecule has 2 atom stereocenters. The minimum atomic E-state index is 0.531. The Kier molecular flexibility index (Phi) is 4.82. The van der Waals surface area contributed by atoms with Crippen LogP contribution in [0.5, 0.6) is 0 Å². The van der Waals surface area contributed by atoms with E-state index in [1.54, 1.807) is 0 Å². The molecule has 0 spiro atoms. The average Bonchev–Trinajstić information content (AvgIpc) is 2.71. The fraction of sp³-hybridized carbons (Fsp3) is 0.692. The van der Waals surface area contributed by atoms with Crippen molar-refractivity contribution < 1.29 is 4.74 Å². The van der Waals surface area contributed by atoms with E-state index in [9.17, 15) is 0 Å². The Hall–Kier alpha value is -0.380. The van der Waals surface area contributed by atoms with Crippen molar-refractivity contribution in [3.05, 3.63) is 22.4 Å². The van der Waals surface area contributed by atoms with Gasteiger partial charge < -0.3 is 10.1 Å². The van der Waals surface area contributed by atoms with Crippen LogP contribution in [0.4, 0.5) is 0 Å². The summed E-state index contributed by atoms with van der Waals surface area (Å²) < 4.78 is 5.49. The van der Waals surface area contributed by atoms with Crippen LogP contribution >= 0.6 is 11.3 Å². The fourth-order valence-electron chi connectivity index (χ4n) is 2.25. The maximum atomic E-state index is 5.49. The van der Waals surface area contributed by atoms with E-state index >= 15 is 0 Å². The van der Waals surface area contributed by atoms with E-state index in [4.69, 9.17) is 4.74 Å². The molecule has 1 aromatic heterocycles. The van der Waals surface area contributed by atoms with Gasteiger partial charge in [0.1, 0.15) is 0 Å². The Morgan fingerprint density at radius 2 is 2.44 bits per heavy atom. The molecule has 0 aliphatic carbocycles. The summed E-state index contributed by atoms with van der Waals surface area (Å²) in [7, 11) is 0. The van der Waals surface area contributed by atoms with Gasteiger partial charge in [-0.05, 0) is 37.1 Å². The minimum absolute atomic E-state index is 0.531. The van der Waals surface area contributed by atoms with Crippen molar-refractivity contribution in [3.8, 4) is 0 Å². The Labute approximate surface area is 102 Å². The van der Waals surface area contributed by atoms with Gasteiger partial charge in [-0.3, -0.25) is 0 Å². The topological polar surface area (TPSA) is 21.3 Å². The first kappa shape index (κ1) is 12.1. The molecule has 0 saturated carbocycles. The molecule has 1 aliphatic rings. The van der Waals surface area contributed by atoms with Crippen LogP contribution < -0.4 is 5.32 Å². The highest BCUT2D eigenvalue weighted by atomic mass is 32.1. The Morgan fingerprint density at radius 1 is 1.50 bits per heavy atom. The third-order valence-corrected chi connectivity index (χ3v) is 4.17. The Morgan fingerprint density at radius 3 is 3.19 bits per heavy atom. The average molecular weight is 239 g/mol. The maximum Gasteiger partial charge on any atom is 0.0480 e. The van der Waals surface area contributed by atoms with E-state index < -0.39 is 0 Å². The summed E-state index contributed by atoms with van der Waals surface area (Å²) in [6, 6.07) is 5.54. The van der Waals surface area contributed by atoms with Gasteiger partial charge in [0.25, 0.3) is 0 Å². The molecule has 1 fully saturated rings. The third-order valence-electron chi connectivity index (χ3n) is 3.18. The fourth-order valence-corrected chi connectivity index (χ4v) is 3.12. The Balaban J connectivity index is 1.90. The number of hydrogen-bond acceptors (Lipinski definition) is 3. The van der Waals surface area contributed by atoms with Gasteiger partial charge in [0.15, 0.2) is 0 Å². The molecule has 0 amide bonds. The number of thiophene rings is 1. The van der Waals surface area contributed by atoms with Crippen molar-refractivity contribution in [1.29, 1.82) is 0 Å². The summed E-state index contributed by atoms with van der Waals surface area (Å²) in [5.74, 6) is 0. The molecule has 2 rings (SSSR count). The molecular weight excluding hydrogens is 218 g/mol. The van der Waals surface area contributed by atoms with E-state index in [0.29, 0.717) is 12.1 Å². The summed E-state index contributed by atoms with van der Waals surface area (Å²) >= 11 is 1.86. The van der Waals surface area contributed by atoms with Crippen molar-refractivity contribution in [2.45, 2.75) is 44.7 Å². The lowest BCUT2D eigenvalue weighted by Crippen LogP contribution is -2.32. The van der Waals surface area contributed by atoms with E-state index in [1.807, 2.05) is 11.3 Å². The summed E-state index contributed by atoms with van der Waals surface area (Å²) in [5, 5.41) is 5.94. The lowest BCUT2D eigenvalue weighted by atomic mass is 10.1. The second-order valence-corrected chi connectivity index (χ2v) is 5.36. The lowest BCUT2D eigenvalue weighted by molar-refractivity contribution is 0.142. The zero-order valence-electron chi connectivity index (χ0n) is 9.95. The first-order chi connectivity index (χ1) is 7.90. The first-order valence-corrected chi connectivity index (χ1v) is 7.15. The molecule has 16 heavy (non-hydrogen) atoms. The van der Waals surface area contributed by atoms with Crippen LogP contribution in [0.25, 0.3) is 0 Å². The molecule has 3 heteroatoms. The smallest absolute Gasteiger partial charge is 0.0480 e. The van der Waals surface area contributed by atoms with E-state index in [-0.39, 0.29) is 0 Å². The summed E-state index contributed by atoms with van der Waals surface area (Å²) in [4.78, 5) is 1.47. The molecule has 0 bridgehead atoms.